The zero-order valence-electron chi connectivity index (χ0n) is 19.3. The highest BCUT2D eigenvalue weighted by Crippen LogP contribution is 2.44. The standard InChI is InChI=1S/C27H32N2O5/c30-25(28-16-15-26(31)32)14-13-18-7-1-6-12-24(18)29-27(33)34-17-23-21-10-4-2-8-19(21)20-9-3-5-11-22(20)23/h2-5,8-11,18,23-24H,1,6-7,12-17H2,(H,28,30)(H,29,33)(H,31,32). The lowest BCUT2D eigenvalue weighted by molar-refractivity contribution is -0.136. The van der Waals surface area contributed by atoms with Gasteiger partial charge in [0.25, 0.3) is 0 Å². The quantitative estimate of drug-likeness (QED) is 0.508. The molecule has 0 bridgehead atoms. The maximum atomic E-state index is 12.7. The van der Waals surface area contributed by atoms with Crippen molar-refractivity contribution in [2.24, 2.45) is 5.92 Å². The van der Waals surface area contributed by atoms with E-state index in [9.17, 15) is 14.4 Å². The smallest absolute Gasteiger partial charge is 0.407 e. The van der Waals surface area contributed by atoms with Gasteiger partial charge in [0.2, 0.25) is 5.91 Å². The predicted octanol–water partition coefficient (Wildman–Crippen LogP) is 4.46. The Morgan fingerprint density at radius 2 is 1.56 bits per heavy atom. The molecular weight excluding hydrogens is 432 g/mol. The Morgan fingerprint density at radius 1 is 0.912 bits per heavy atom. The van der Waals surface area contributed by atoms with Crippen LogP contribution in [0.3, 0.4) is 0 Å². The zero-order chi connectivity index (χ0) is 23.9. The van der Waals surface area contributed by atoms with Gasteiger partial charge in [0.15, 0.2) is 0 Å². The summed E-state index contributed by atoms with van der Waals surface area (Å²) in [5, 5.41) is 14.4. The van der Waals surface area contributed by atoms with Gasteiger partial charge in [-0.3, -0.25) is 9.59 Å². The molecule has 0 saturated heterocycles. The maximum absolute atomic E-state index is 12.7. The lowest BCUT2D eigenvalue weighted by atomic mass is 9.81. The number of fused-ring (bicyclic) bond motifs is 3. The number of rotatable bonds is 9. The topological polar surface area (TPSA) is 105 Å². The van der Waals surface area contributed by atoms with Gasteiger partial charge in [0.1, 0.15) is 6.61 Å². The lowest BCUT2D eigenvalue weighted by Gasteiger charge is -2.32. The Balaban J connectivity index is 1.29. The van der Waals surface area contributed by atoms with E-state index in [0.717, 1.165) is 25.7 Å². The molecule has 2 aliphatic rings. The van der Waals surface area contributed by atoms with Crippen molar-refractivity contribution in [2.75, 3.05) is 13.2 Å². The van der Waals surface area contributed by atoms with Gasteiger partial charge in [-0.25, -0.2) is 4.79 Å². The van der Waals surface area contributed by atoms with Gasteiger partial charge in [0.05, 0.1) is 6.42 Å². The monoisotopic (exact) mass is 464 g/mol. The summed E-state index contributed by atoms with van der Waals surface area (Å²) in [5.41, 5.74) is 4.75. The largest absolute Gasteiger partial charge is 0.481 e. The van der Waals surface area contributed by atoms with E-state index < -0.39 is 12.1 Å². The molecule has 0 spiro atoms. The van der Waals surface area contributed by atoms with Crippen LogP contribution in [0.5, 0.6) is 0 Å². The van der Waals surface area contributed by atoms with E-state index in [1.807, 2.05) is 24.3 Å². The fourth-order valence-corrected chi connectivity index (χ4v) is 5.25. The molecule has 0 aliphatic heterocycles. The first-order chi connectivity index (χ1) is 16.5. The van der Waals surface area contributed by atoms with Crippen LogP contribution >= 0.6 is 0 Å². The second-order valence-corrected chi connectivity index (χ2v) is 9.15. The van der Waals surface area contributed by atoms with Crippen LogP contribution in [0, 0.1) is 5.92 Å². The summed E-state index contributed by atoms with van der Waals surface area (Å²) in [7, 11) is 0. The van der Waals surface area contributed by atoms with Gasteiger partial charge in [-0.2, -0.15) is 0 Å². The summed E-state index contributed by atoms with van der Waals surface area (Å²) in [4.78, 5) is 35.3. The molecule has 1 saturated carbocycles. The van der Waals surface area contributed by atoms with Crippen molar-refractivity contribution in [2.45, 2.75) is 56.9 Å². The third-order valence-electron chi connectivity index (χ3n) is 6.96. The van der Waals surface area contributed by atoms with E-state index in [4.69, 9.17) is 9.84 Å². The van der Waals surface area contributed by atoms with Crippen molar-refractivity contribution in [3.05, 3.63) is 59.7 Å². The molecule has 2 aliphatic carbocycles. The molecule has 4 rings (SSSR count). The third-order valence-corrected chi connectivity index (χ3v) is 6.96. The Morgan fingerprint density at radius 3 is 2.24 bits per heavy atom. The van der Waals surface area contributed by atoms with Crippen LogP contribution in [0.4, 0.5) is 4.79 Å². The average molecular weight is 465 g/mol. The Bertz CT molecular complexity index is 992. The molecule has 0 radical (unpaired) electrons. The minimum atomic E-state index is -0.931. The number of hydrogen-bond acceptors (Lipinski definition) is 4. The van der Waals surface area contributed by atoms with E-state index in [1.165, 1.54) is 22.3 Å². The maximum Gasteiger partial charge on any atom is 0.407 e. The number of carbonyl (C=O) groups is 3. The van der Waals surface area contributed by atoms with Gasteiger partial charge in [-0.15, -0.1) is 0 Å². The average Bonchev–Trinajstić information content (AvgIpc) is 3.16. The van der Waals surface area contributed by atoms with E-state index in [-0.39, 0.29) is 43.4 Å². The third kappa shape index (κ3) is 5.76. The lowest BCUT2D eigenvalue weighted by Crippen LogP contribution is -2.43. The molecule has 2 aromatic carbocycles. The van der Waals surface area contributed by atoms with Gasteiger partial charge < -0.3 is 20.5 Å². The second kappa shape index (κ2) is 11.2. The molecule has 0 aromatic heterocycles. The molecular formula is C27H32N2O5. The van der Waals surface area contributed by atoms with Gasteiger partial charge in [-0.1, -0.05) is 61.4 Å². The number of alkyl carbamates (subject to hydrolysis) is 1. The summed E-state index contributed by atoms with van der Waals surface area (Å²) in [5.74, 6) is -0.846. The van der Waals surface area contributed by atoms with Crippen LogP contribution in [0.1, 0.15) is 62.0 Å². The van der Waals surface area contributed by atoms with E-state index in [2.05, 4.69) is 34.9 Å². The Kier molecular flexibility index (Phi) is 7.83. The molecule has 2 aromatic rings. The Labute approximate surface area is 199 Å². The molecule has 180 valence electrons. The van der Waals surface area contributed by atoms with Crippen LogP contribution < -0.4 is 10.6 Å². The summed E-state index contributed by atoms with van der Waals surface area (Å²) < 4.78 is 5.71. The van der Waals surface area contributed by atoms with Crippen molar-refractivity contribution < 1.29 is 24.2 Å². The predicted molar refractivity (Wildman–Crippen MR) is 128 cm³/mol. The normalized spacial score (nSPS) is 19.1. The number of benzene rings is 2. The van der Waals surface area contributed by atoms with Crippen LogP contribution in [0.25, 0.3) is 11.1 Å². The van der Waals surface area contributed by atoms with Crippen LogP contribution in [0.2, 0.25) is 0 Å². The number of aliphatic carboxylic acids is 1. The molecule has 2 unspecified atom stereocenters. The number of ether oxygens (including phenoxy) is 1. The molecule has 0 heterocycles. The van der Waals surface area contributed by atoms with Crippen molar-refractivity contribution in [3.63, 3.8) is 0 Å². The van der Waals surface area contributed by atoms with Gasteiger partial charge >= 0.3 is 12.1 Å². The minimum Gasteiger partial charge on any atom is -0.481 e. The van der Waals surface area contributed by atoms with Gasteiger partial charge in [-0.05, 0) is 47.4 Å². The molecule has 1 fully saturated rings. The van der Waals surface area contributed by atoms with Crippen LogP contribution in [-0.2, 0) is 14.3 Å². The van der Waals surface area contributed by atoms with Crippen molar-refractivity contribution in [1.82, 2.24) is 10.6 Å². The molecule has 3 N–H and O–H groups in total. The SMILES string of the molecule is O=C(O)CCNC(=O)CCC1CCCCC1NC(=O)OCC1c2ccccc2-c2ccccc21. The van der Waals surface area contributed by atoms with E-state index in [1.54, 1.807) is 0 Å². The molecule has 2 atom stereocenters. The summed E-state index contributed by atoms with van der Waals surface area (Å²) >= 11 is 0. The van der Waals surface area contributed by atoms with E-state index >= 15 is 0 Å². The van der Waals surface area contributed by atoms with Crippen LogP contribution in [0.15, 0.2) is 48.5 Å². The highest BCUT2D eigenvalue weighted by atomic mass is 16.5. The number of amides is 2. The number of hydrogen-bond donors (Lipinski definition) is 3. The van der Waals surface area contributed by atoms with E-state index in [0.29, 0.717) is 12.8 Å². The number of carboxylic acid groups (broad SMARTS) is 1. The first kappa shape index (κ1) is 23.8. The highest BCUT2D eigenvalue weighted by Gasteiger charge is 2.31. The van der Waals surface area contributed by atoms with Gasteiger partial charge in [0, 0.05) is 24.9 Å². The van der Waals surface area contributed by atoms with Crippen LogP contribution in [-0.4, -0.2) is 42.3 Å². The number of carboxylic acids is 1. The second-order valence-electron chi connectivity index (χ2n) is 9.15. The fraction of sp³-hybridized carbons (Fsp3) is 0.444. The first-order valence-electron chi connectivity index (χ1n) is 12.1. The summed E-state index contributed by atoms with van der Waals surface area (Å²) in [6, 6.07) is 16.5. The van der Waals surface area contributed by atoms with Crippen molar-refractivity contribution in [1.29, 1.82) is 0 Å². The summed E-state index contributed by atoms with van der Waals surface area (Å²) in [6.45, 7) is 0.420. The van der Waals surface area contributed by atoms with Crippen molar-refractivity contribution >= 4 is 18.0 Å². The molecule has 2 amide bonds. The zero-order valence-corrected chi connectivity index (χ0v) is 19.3. The number of carbonyl (C=O) groups excluding carboxylic acids is 2. The molecule has 34 heavy (non-hydrogen) atoms. The highest BCUT2D eigenvalue weighted by molar-refractivity contribution is 5.79. The van der Waals surface area contributed by atoms with Crippen molar-refractivity contribution in [3.8, 4) is 11.1 Å². The number of nitrogens with one attached hydrogen (secondary N) is 2. The summed E-state index contributed by atoms with van der Waals surface area (Å²) in [6.07, 6.45) is 4.43. The first-order valence-corrected chi connectivity index (χ1v) is 12.1. The molecule has 7 nitrogen and oxygen atoms in total. The minimum absolute atomic E-state index is 0.0174. The molecule has 7 heteroatoms. The fourth-order valence-electron chi connectivity index (χ4n) is 5.25. The Hall–Kier alpha value is -3.35.